The summed E-state index contributed by atoms with van der Waals surface area (Å²) in [6.45, 7) is 1.97. The van der Waals surface area contributed by atoms with Crippen LogP contribution in [0.25, 0.3) is 0 Å². The molecule has 0 saturated carbocycles. The first-order valence-electron chi connectivity index (χ1n) is 5.98. The van der Waals surface area contributed by atoms with Crippen molar-refractivity contribution >= 4 is 23.4 Å². The number of guanidine groups is 1. The van der Waals surface area contributed by atoms with Crippen molar-refractivity contribution in [3.63, 3.8) is 0 Å². The molecule has 0 aromatic heterocycles. The normalized spacial score (nSPS) is 25.5. The lowest BCUT2D eigenvalue weighted by Crippen LogP contribution is -2.56. The van der Waals surface area contributed by atoms with Gasteiger partial charge in [0, 0.05) is 0 Å². The van der Waals surface area contributed by atoms with E-state index in [0.717, 1.165) is 11.3 Å². The van der Waals surface area contributed by atoms with E-state index in [1.807, 2.05) is 31.2 Å². The van der Waals surface area contributed by atoms with Crippen molar-refractivity contribution in [2.45, 2.75) is 19.8 Å². The lowest BCUT2D eigenvalue weighted by atomic mass is 9.74. The second kappa shape index (κ2) is 3.66. The van der Waals surface area contributed by atoms with E-state index in [-0.39, 0.29) is 11.9 Å². The molecule has 2 heterocycles. The predicted octanol–water partition coefficient (Wildman–Crippen LogP) is 1.11. The molecule has 0 radical (unpaired) electrons. The minimum absolute atomic E-state index is 0.106. The zero-order valence-corrected chi connectivity index (χ0v) is 10.1. The van der Waals surface area contributed by atoms with Gasteiger partial charge in [0.15, 0.2) is 0 Å². The second-order valence-corrected chi connectivity index (χ2v) is 4.63. The van der Waals surface area contributed by atoms with E-state index in [2.05, 4.69) is 15.3 Å². The van der Waals surface area contributed by atoms with Crippen LogP contribution in [0, 0.1) is 5.41 Å². The predicted molar refractivity (Wildman–Crippen MR) is 69.7 cm³/mol. The van der Waals surface area contributed by atoms with Crippen LogP contribution in [0.3, 0.4) is 0 Å². The average molecular weight is 242 g/mol. The molecule has 0 aliphatic carbocycles. The van der Waals surface area contributed by atoms with Crippen LogP contribution in [-0.2, 0) is 11.2 Å². The van der Waals surface area contributed by atoms with Gasteiger partial charge in [0.1, 0.15) is 11.3 Å². The Kier molecular flexibility index (Phi) is 2.23. The number of amidine groups is 1. The second-order valence-electron chi connectivity index (χ2n) is 4.63. The average Bonchev–Trinajstić information content (AvgIpc) is 2.36. The molecule has 3 rings (SSSR count). The maximum atomic E-state index is 12.2. The van der Waals surface area contributed by atoms with E-state index in [9.17, 15) is 4.79 Å². The molecule has 1 amide bonds. The number of aliphatic imine (C=N–C) groups is 2. The smallest absolute Gasteiger partial charge is 0.240 e. The van der Waals surface area contributed by atoms with Crippen LogP contribution in [0.2, 0.25) is 0 Å². The van der Waals surface area contributed by atoms with Crippen molar-refractivity contribution in [2.24, 2.45) is 21.1 Å². The van der Waals surface area contributed by atoms with Gasteiger partial charge in [-0.1, -0.05) is 25.1 Å². The van der Waals surface area contributed by atoms with Crippen molar-refractivity contribution < 1.29 is 4.79 Å². The number of fused-ring (bicyclic) bond motifs is 2. The van der Waals surface area contributed by atoms with Crippen molar-refractivity contribution in [1.29, 1.82) is 0 Å². The number of hydrogen-bond donors (Lipinski definition) is 2. The van der Waals surface area contributed by atoms with Gasteiger partial charge in [-0.25, -0.2) is 4.99 Å². The van der Waals surface area contributed by atoms with Crippen LogP contribution in [0.15, 0.2) is 34.3 Å². The van der Waals surface area contributed by atoms with Gasteiger partial charge < -0.3 is 5.73 Å². The summed E-state index contributed by atoms with van der Waals surface area (Å²) in [4.78, 5) is 21.0. The fraction of sp³-hybridized carbons (Fsp3) is 0.308. The zero-order chi connectivity index (χ0) is 12.8. The molecular weight excluding hydrogens is 228 g/mol. The number of benzene rings is 1. The summed E-state index contributed by atoms with van der Waals surface area (Å²) in [5.41, 5.74) is 6.89. The van der Waals surface area contributed by atoms with Crippen LogP contribution in [0.1, 0.15) is 18.9 Å². The molecule has 2 aliphatic rings. The molecule has 92 valence electrons. The Morgan fingerprint density at radius 1 is 1.39 bits per heavy atom. The van der Waals surface area contributed by atoms with Gasteiger partial charge in [-0.2, -0.15) is 4.99 Å². The summed E-state index contributed by atoms with van der Waals surface area (Å²) < 4.78 is 0. The van der Waals surface area contributed by atoms with Gasteiger partial charge >= 0.3 is 0 Å². The third kappa shape index (κ3) is 1.37. The van der Waals surface area contributed by atoms with Crippen molar-refractivity contribution in [3.8, 4) is 0 Å². The number of rotatable bonds is 1. The number of nitrogens with one attached hydrogen (secondary N) is 1. The number of nitrogens with two attached hydrogens (primary N) is 1. The fourth-order valence-electron chi connectivity index (χ4n) is 2.53. The zero-order valence-electron chi connectivity index (χ0n) is 10.1. The van der Waals surface area contributed by atoms with Gasteiger partial charge in [-0.3, -0.25) is 10.1 Å². The van der Waals surface area contributed by atoms with Crippen molar-refractivity contribution in [2.75, 3.05) is 0 Å². The maximum absolute atomic E-state index is 12.2. The maximum Gasteiger partial charge on any atom is 0.240 e. The summed E-state index contributed by atoms with van der Waals surface area (Å²) in [6, 6.07) is 7.82. The number of carbonyl (C=O) groups is 1. The Morgan fingerprint density at radius 2 is 2.17 bits per heavy atom. The molecule has 1 unspecified atom stereocenters. The van der Waals surface area contributed by atoms with Crippen molar-refractivity contribution in [1.82, 2.24) is 5.32 Å². The minimum Gasteiger partial charge on any atom is -0.369 e. The first-order chi connectivity index (χ1) is 8.65. The first kappa shape index (κ1) is 11.0. The van der Waals surface area contributed by atoms with Crippen LogP contribution in [0.5, 0.6) is 0 Å². The molecular formula is C13H14N4O. The SMILES string of the molecule is CCC12Cc3ccccc3N=C1N=C(N)NC2=O. The Hall–Kier alpha value is -2.17. The Labute approximate surface area is 105 Å². The summed E-state index contributed by atoms with van der Waals surface area (Å²) in [6.07, 6.45) is 1.28. The third-order valence-electron chi connectivity index (χ3n) is 3.64. The van der Waals surface area contributed by atoms with Crippen LogP contribution in [0.4, 0.5) is 5.69 Å². The molecule has 1 atom stereocenters. The van der Waals surface area contributed by atoms with Gasteiger partial charge in [-0.05, 0) is 24.5 Å². The molecule has 0 bridgehead atoms. The molecule has 2 aliphatic heterocycles. The highest BCUT2D eigenvalue weighted by Crippen LogP contribution is 2.40. The lowest BCUT2D eigenvalue weighted by Gasteiger charge is -2.36. The van der Waals surface area contributed by atoms with E-state index in [1.165, 1.54) is 0 Å². The number of amides is 1. The Morgan fingerprint density at radius 3 is 2.94 bits per heavy atom. The van der Waals surface area contributed by atoms with Crippen LogP contribution >= 0.6 is 0 Å². The number of nitrogens with zero attached hydrogens (tertiary/aromatic N) is 2. The quantitative estimate of drug-likeness (QED) is 0.773. The van der Waals surface area contributed by atoms with E-state index in [0.29, 0.717) is 18.7 Å². The molecule has 1 aromatic carbocycles. The van der Waals surface area contributed by atoms with E-state index >= 15 is 0 Å². The van der Waals surface area contributed by atoms with E-state index in [1.54, 1.807) is 0 Å². The number of para-hydroxylation sites is 1. The number of hydrogen-bond acceptors (Lipinski definition) is 4. The number of carbonyl (C=O) groups excluding carboxylic acids is 1. The third-order valence-corrected chi connectivity index (χ3v) is 3.64. The molecule has 5 heteroatoms. The molecule has 0 saturated heterocycles. The van der Waals surface area contributed by atoms with Crippen molar-refractivity contribution in [3.05, 3.63) is 29.8 Å². The van der Waals surface area contributed by atoms with Gasteiger partial charge in [-0.15, -0.1) is 0 Å². The van der Waals surface area contributed by atoms with Gasteiger partial charge in [0.25, 0.3) is 0 Å². The summed E-state index contributed by atoms with van der Waals surface area (Å²) in [5, 5.41) is 2.61. The Bertz CT molecular complexity index is 590. The van der Waals surface area contributed by atoms with Gasteiger partial charge in [0.2, 0.25) is 11.9 Å². The van der Waals surface area contributed by atoms with E-state index in [4.69, 9.17) is 5.73 Å². The highest BCUT2D eigenvalue weighted by atomic mass is 16.2. The molecule has 0 spiro atoms. The van der Waals surface area contributed by atoms with Gasteiger partial charge in [0.05, 0.1) is 5.69 Å². The summed E-state index contributed by atoms with van der Waals surface area (Å²) >= 11 is 0. The van der Waals surface area contributed by atoms with E-state index < -0.39 is 5.41 Å². The largest absolute Gasteiger partial charge is 0.369 e. The Balaban J connectivity index is 2.22. The van der Waals surface area contributed by atoms with Crippen LogP contribution in [-0.4, -0.2) is 17.7 Å². The molecule has 3 N–H and O–H groups in total. The topological polar surface area (TPSA) is 79.8 Å². The van der Waals surface area contributed by atoms with Crippen LogP contribution < -0.4 is 11.1 Å². The molecule has 5 nitrogen and oxygen atoms in total. The highest BCUT2D eigenvalue weighted by molar-refractivity contribution is 6.20. The molecule has 0 fully saturated rings. The minimum atomic E-state index is -0.669. The standard InChI is InChI=1S/C13H14N4O/c1-2-13-7-8-5-3-4-6-9(8)15-10(13)16-12(14)17-11(13)18/h3-6H,2,7H2,1H3,(H3,14,15,16,17,18). The monoisotopic (exact) mass is 242 g/mol. The molecule has 18 heavy (non-hydrogen) atoms. The molecule has 1 aromatic rings. The first-order valence-corrected chi connectivity index (χ1v) is 5.98. The highest BCUT2D eigenvalue weighted by Gasteiger charge is 2.47. The summed E-state index contributed by atoms with van der Waals surface area (Å²) in [5.74, 6) is 0.554. The lowest BCUT2D eigenvalue weighted by molar-refractivity contribution is -0.126. The fourth-order valence-corrected chi connectivity index (χ4v) is 2.53. The summed E-state index contributed by atoms with van der Waals surface area (Å²) in [7, 11) is 0.